The maximum atomic E-state index is 13.4. The van der Waals surface area contributed by atoms with Crippen molar-refractivity contribution < 1.29 is 19.2 Å². The minimum absolute atomic E-state index is 0.00706. The Bertz CT molecular complexity index is 659. The van der Waals surface area contributed by atoms with Crippen LogP contribution in [0.4, 0.5) is 10.1 Å². The normalized spacial score (nSPS) is 12.2. The Morgan fingerprint density at radius 2 is 2.20 bits per heavy atom. The average Bonchev–Trinajstić information content (AvgIpc) is 2.78. The lowest BCUT2D eigenvalue weighted by atomic mass is 10.3. The molecule has 5 nitrogen and oxygen atoms in total. The molecule has 0 saturated carbocycles. The molecule has 1 heterocycles. The standard InChI is InChI=1S/C12H9BrFNO4S/c1-6(16)11-5-10(15(17)18)12(20-11)19-7-2-3-8(13)9(14)4-7/h2-6,16H,1H3/t6-/m0/s1. The first-order valence-corrected chi connectivity index (χ1v) is 7.08. The van der Waals surface area contributed by atoms with Gasteiger partial charge in [-0.3, -0.25) is 10.1 Å². The second-order valence-electron chi connectivity index (χ2n) is 3.93. The Morgan fingerprint density at radius 3 is 2.75 bits per heavy atom. The van der Waals surface area contributed by atoms with Crippen LogP contribution in [0.3, 0.4) is 0 Å². The lowest BCUT2D eigenvalue weighted by Crippen LogP contribution is -1.90. The summed E-state index contributed by atoms with van der Waals surface area (Å²) < 4.78 is 19.0. The molecule has 0 aliphatic rings. The topological polar surface area (TPSA) is 72.6 Å². The fourth-order valence-corrected chi connectivity index (χ4v) is 2.61. The van der Waals surface area contributed by atoms with Gasteiger partial charge in [0.25, 0.3) is 5.06 Å². The quantitative estimate of drug-likeness (QED) is 0.646. The number of rotatable bonds is 4. The van der Waals surface area contributed by atoms with Gasteiger partial charge in [-0.05, 0) is 35.0 Å². The fraction of sp³-hybridized carbons (Fsp3) is 0.167. The molecule has 0 spiro atoms. The zero-order valence-corrected chi connectivity index (χ0v) is 12.6. The molecule has 0 saturated heterocycles. The molecule has 0 fully saturated rings. The predicted molar refractivity (Wildman–Crippen MR) is 75.8 cm³/mol. The zero-order valence-electron chi connectivity index (χ0n) is 10.2. The van der Waals surface area contributed by atoms with Gasteiger partial charge in [0, 0.05) is 17.0 Å². The van der Waals surface area contributed by atoms with E-state index in [9.17, 15) is 19.6 Å². The summed E-state index contributed by atoms with van der Waals surface area (Å²) in [7, 11) is 0. The van der Waals surface area contributed by atoms with Crippen molar-refractivity contribution in [3.05, 3.63) is 49.5 Å². The molecular weight excluding hydrogens is 353 g/mol. The Morgan fingerprint density at radius 1 is 1.50 bits per heavy atom. The molecule has 1 aromatic heterocycles. The van der Waals surface area contributed by atoms with Crippen LogP contribution in [0, 0.1) is 15.9 Å². The van der Waals surface area contributed by atoms with Gasteiger partial charge in [-0.15, -0.1) is 0 Å². The zero-order chi connectivity index (χ0) is 14.9. The summed E-state index contributed by atoms with van der Waals surface area (Å²) in [6, 6.07) is 5.30. The van der Waals surface area contributed by atoms with Crippen molar-refractivity contribution in [2.24, 2.45) is 0 Å². The van der Waals surface area contributed by atoms with Crippen LogP contribution in [0.25, 0.3) is 0 Å². The van der Waals surface area contributed by atoms with Crippen LogP contribution < -0.4 is 4.74 Å². The molecule has 1 atom stereocenters. The third kappa shape index (κ3) is 3.14. The lowest BCUT2D eigenvalue weighted by molar-refractivity contribution is -0.385. The van der Waals surface area contributed by atoms with Crippen LogP contribution >= 0.6 is 27.3 Å². The van der Waals surface area contributed by atoms with Gasteiger partial charge in [-0.25, -0.2) is 4.39 Å². The molecule has 2 rings (SSSR count). The van der Waals surface area contributed by atoms with Crippen LogP contribution in [0.1, 0.15) is 17.9 Å². The van der Waals surface area contributed by atoms with Crippen molar-refractivity contribution in [2.45, 2.75) is 13.0 Å². The van der Waals surface area contributed by atoms with E-state index in [2.05, 4.69) is 15.9 Å². The van der Waals surface area contributed by atoms with Crippen molar-refractivity contribution >= 4 is 33.0 Å². The van der Waals surface area contributed by atoms with E-state index < -0.39 is 16.8 Å². The molecule has 1 aromatic carbocycles. The number of nitro groups is 1. The molecule has 0 unspecified atom stereocenters. The van der Waals surface area contributed by atoms with E-state index in [1.807, 2.05) is 0 Å². The van der Waals surface area contributed by atoms with E-state index >= 15 is 0 Å². The maximum Gasteiger partial charge on any atom is 0.323 e. The van der Waals surface area contributed by atoms with E-state index in [1.165, 1.54) is 25.1 Å². The van der Waals surface area contributed by atoms with Crippen LogP contribution in [-0.4, -0.2) is 10.0 Å². The fourth-order valence-electron chi connectivity index (χ4n) is 1.44. The highest BCUT2D eigenvalue weighted by molar-refractivity contribution is 9.10. The van der Waals surface area contributed by atoms with Gasteiger partial charge in [0.1, 0.15) is 11.6 Å². The van der Waals surface area contributed by atoms with E-state index in [0.717, 1.165) is 17.4 Å². The van der Waals surface area contributed by atoms with Gasteiger partial charge in [-0.1, -0.05) is 11.3 Å². The number of hydrogen-bond acceptors (Lipinski definition) is 5. The Balaban J connectivity index is 2.36. The Labute approximate surface area is 125 Å². The molecule has 0 bridgehead atoms. The highest BCUT2D eigenvalue weighted by Gasteiger charge is 2.23. The van der Waals surface area contributed by atoms with E-state index in [4.69, 9.17) is 4.74 Å². The number of benzene rings is 1. The number of nitrogens with zero attached hydrogens (tertiary/aromatic N) is 1. The molecular formula is C12H9BrFNO4S. The van der Waals surface area contributed by atoms with Gasteiger partial charge in [0.15, 0.2) is 0 Å². The molecule has 106 valence electrons. The van der Waals surface area contributed by atoms with E-state index in [1.54, 1.807) is 0 Å². The molecule has 0 radical (unpaired) electrons. The molecule has 0 aliphatic carbocycles. The van der Waals surface area contributed by atoms with Gasteiger partial charge in [0.05, 0.1) is 15.5 Å². The van der Waals surface area contributed by atoms with Crippen molar-refractivity contribution in [1.82, 2.24) is 0 Å². The first-order chi connectivity index (χ1) is 9.38. The minimum Gasteiger partial charge on any atom is -0.440 e. The van der Waals surface area contributed by atoms with Crippen molar-refractivity contribution in [2.75, 3.05) is 0 Å². The van der Waals surface area contributed by atoms with Crippen LogP contribution in [0.2, 0.25) is 0 Å². The number of aliphatic hydroxyl groups excluding tert-OH is 1. The number of hydrogen-bond donors (Lipinski definition) is 1. The van der Waals surface area contributed by atoms with Gasteiger partial charge in [-0.2, -0.15) is 0 Å². The first-order valence-electron chi connectivity index (χ1n) is 5.47. The largest absolute Gasteiger partial charge is 0.440 e. The van der Waals surface area contributed by atoms with E-state index in [0.29, 0.717) is 4.88 Å². The number of halogens is 2. The number of thiophene rings is 1. The van der Waals surface area contributed by atoms with Gasteiger partial charge < -0.3 is 9.84 Å². The van der Waals surface area contributed by atoms with Crippen molar-refractivity contribution in [3.63, 3.8) is 0 Å². The summed E-state index contributed by atoms with van der Waals surface area (Å²) in [6.07, 6.45) is -0.835. The number of ether oxygens (including phenoxy) is 1. The summed E-state index contributed by atoms with van der Waals surface area (Å²) in [5, 5.41) is 20.4. The van der Waals surface area contributed by atoms with Crippen LogP contribution in [-0.2, 0) is 0 Å². The van der Waals surface area contributed by atoms with Gasteiger partial charge >= 0.3 is 5.69 Å². The van der Waals surface area contributed by atoms with Crippen molar-refractivity contribution in [1.29, 1.82) is 0 Å². The van der Waals surface area contributed by atoms with E-state index in [-0.39, 0.29) is 21.0 Å². The summed E-state index contributed by atoms with van der Waals surface area (Å²) >= 11 is 3.96. The molecule has 0 aliphatic heterocycles. The third-order valence-corrected chi connectivity index (χ3v) is 4.22. The average molecular weight is 362 g/mol. The monoisotopic (exact) mass is 361 g/mol. The Kier molecular flexibility index (Phi) is 4.36. The van der Waals surface area contributed by atoms with Gasteiger partial charge in [0.2, 0.25) is 0 Å². The molecule has 1 N–H and O–H groups in total. The highest BCUT2D eigenvalue weighted by Crippen LogP contribution is 2.42. The number of aliphatic hydroxyl groups is 1. The molecule has 0 amide bonds. The third-order valence-electron chi connectivity index (χ3n) is 2.41. The summed E-state index contributed by atoms with van der Waals surface area (Å²) in [6.45, 7) is 1.50. The second kappa shape index (κ2) is 5.86. The lowest BCUT2D eigenvalue weighted by Gasteiger charge is -2.03. The van der Waals surface area contributed by atoms with Crippen LogP contribution in [0.5, 0.6) is 10.8 Å². The summed E-state index contributed by atoms with van der Waals surface area (Å²) in [5.41, 5.74) is -0.255. The maximum absolute atomic E-state index is 13.4. The first kappa shape index (κ1) is 14.9. The Hall–Kier alpha value is -1.51. The molecule has 20 heavy (non-hydrogen) atoms. The van der Waals surface area contributed by atoms with Crippen LogP contribution in [0.15, 0.2) is 28.7 Å². The SMILES string of the molecule is C[C@H](O)c1cc([N+](=O)[O-])c(Oc2ccc(Br)c(F)c2)s1. The smallest absolute Gasteiger partial charge is 0.323 e. The molecule has 8 heteroatoms. The summed E-state index contributed by atoms with van der Waals surface area (Å²) in [4.78, 5) is 10.7. The summed E-state index contributed by atoms with van der Waals surface area (Å²) in [5.74, 6) is -0.384. The molecule has 2 aromatic rings. The highest BCUT2D eigenvalue weighted by atomic mass is 79.9. The van der Waals surface area contributed by atoms with Crippen molar-refractivity contribution in [3.8, 4) is 10.8 Å². The predicted octanol–water partition coefficient (Wildman–Crippen LogP) is 4.40. The minimum atomic E-state index is -0.835. The second-order valence-corrected chi connectivity index (χ2v) is 5.83.